The highest BCUT2D eigenvalue weighted by Gasteiger charge is 2.15. The second-order valence-corrected chi connectivity index (χ2v) is 6.74. The molecule has 1 heterocycles. The Morgan fingerprint density at radius 1 is 1.17 bits per heavy atom. The third-order valence-corrected chi connectivity index (χ3v) is 4.67. The minimum absolute atomic E-state index is 0.287. The zero-order valence-electron chi connectivity index (χ0n) is 13.9. The number of thiophene rings is 1. The van der Waals surface area contributed by atoms with Crippen molar-refractivity contribution < 1.29 is 14.3 Å². The summed E-state index contributed by atoms with van der Waals surface area (Å²) in [5.74, 6) is -0.789. The van der Waals surface area contributed by atoms with Crippen LogP contribution in [-0.2, 0) is 16.0 Å². The number of ether oxygens (including phenoxy) is 1. The first-order chi connectivity index (χ1) is 10.9. The molecule has 4 nitrogen and oxygen atoms in total. The van der Waals surface area contributed by atoms with E-state index in [-0.39, 0.29) is 12.5 Å². The van der Waals surface area contributed by atoms with E-state index in [9.17, 15) is 9.59 Å². The normalized spacial score (nSPS) is 10.4. The summed E-state index contributed by atoms with van der Waals surface area (Å²) in [4.78, 5) is 25.6. The number of carbonyl (C=O) groups is 2. The Hall–Kier alpha value is -2.14. The van der Waals surface area contributed by atoms with Crippen molar-refractivity contribution in [1.29, 1.82) is 0 Å². The number of esters is 1. The number of rotatable bonds is 5. The molecule has 1 aromatic heterocycles. The molecule has 1 N–H and O–H groups in total. The summed E-state index contributed by atoms with van der Waals surface area (Å²) in [6.07, 6.45) is 0.878. The fourth-order valence-corrected chi connectivity index (χ4v) is 3.32. The highest BCUT2D eigenvalue weighted by Crippen LogP contribution is 2.22. The molecule has 2 rings (SSSR count). The van der Waals surface area contributed by atoms with E-state index in [0.717, 1.165) is 33.7 Å². The van der Waals surface area contributed by atoms with E-state index >= 15 is 0 Å². The van der Waals surface area contributed by atoms with Gasteiger partial charge in [0.05, 0.1) is 0 Å². The van der Waals surface area contributed by atoms with Gasteiger partial charge in [0.25, 0.3) is 5.91 Å². The average Bonchev–Trinajstić information content (AvgIpc) is 2.89. The number of hydrogen-bond acceptors (Lipinski definition) is 4. The van der Waals surface area contributed by atoms with E-state index in [4.69, 9.17) is 4.74 Å². The van der Waals surface area contributed by atoms with Crippen molar-refractivity contribution in [3.8, 4) is 0 Å². The summed E-state index contributed by atoms with van der Waals surface area (Å²) in [7, 11) is 0. The standard InChI is InChI=1S/C18H21NO3S/c1-5-14-9-16(23-13(14)4)18(21)22-10-17(20)19-15-7-6-11(2)8-12(15)3/h6-9H,5,10H2,1-4H3,(H,19,20). The van der Waals surface area contributed by atoms with Crippen LogP contribution >= 0.6 is 11.3 Å². The van der Waals surface area contributed by atoms with E-state index in [1.54, 1.807) is 0 Å². The molecule has 0 spiro atoms. The molecular formula is C18H21NO3S. The largest absolute Gasteiger partial charge is 0.451 e. The van der Waals surface area contributed by atoms with Crippen LogP contribution in [0.4, 0.5) is 5.69 Å². The molecule has 2 aromatic rings. The van der Waals surface area contributed by atoms with Gasteiger partial charge in [-0.25, -0.2) is 4.79 Å². The van der Waals surface area contributed by atoms with Crippen LogP contribution in [0.15, 0.2) is 24.3 Å². The summed E-state index contributed by atoms with van der Waals surface area (Å²) in [6.45, 7) is 7.66. The second-order valence-electron chi connectivity index (χ2n) is 5.49. The molecule has 5 heteroatoms. The Kier molecular flexibility index (Phi) is 5.55. The fourth-order valence-electron chi connectivity index (χ4n) is 2.31. The lowest BCUT2D eigenvalue weighted by atomic mass is 10.1. The third-order valence-electron chi connectivity index (χ3n) is 3.59. The molecule has 23 heavy (non-hydrogen) atoms. The average molecular weight is 331 g/mol. The highest BCUT2D eigenvalue weighted by atomic mass is 32.1. The lowest BCUT2D eigenvalue weighted by molar-refractivity contribution is -0.119. The zero-order valence-corrected chi connectivity index (χ0v) is 14.7. The van der Waals surface area contributed by atoms with Gasteiger partial charge in [0.2, 0.25) is 0 Å². The summed E-state index contributed by atoms with van der Waals surface area (Å²) in [5.41, 5.74) is 3.98. The fraction of sp³-hybridized carbons (Fsp3) is 0.333. The SMILES string of the molecule is CCc1cc(C(=O)OCC(=O)Nc2ccc(C)cc2C)sc1C. The maximum Gasteiger partial charge on any atom is 0.348 e. The monoisotopic (exact) mass is 331 g/mol. The van der Waals surface area contributed by atoms with Crippen LogP contribution in [0.25, 0.3) is 0 Å². The summed E-state index contributed by atoms with van der Waals surface area (Å²) in [6, 6.07) is 7.60. The number of aryl methyl sites for hydroxylation is 4. The van der Waals surface area contributed by atoms with Crippen LogP contribution in [0.2, 0.25) is 0 Å². The third kappa shape index (κ3) is 4.42. The molecule has 0 aliphatic rings. The topological polar surface area (TPSA) is 55.4 Å². The predicted molar refractivity (Wildman–Crippen MR) is 93.3 cm³/mol. The van der Waals surface area contributed by atoms with Crippen LogP contribution in [-0.4, -0.2) is 18.5 Å². The molecular weight excluding hydrogens is 310 g/mol. The maximum atomic E-state index is 12.0. The van der Waals surface area contributed by atoms with Crippen LogP contribution < -0.4 is 5.32 Å². The number of carbonyl (C=O) groups excluding carboxylic acids is 2. The first kappa shape index (κ1) is 17.2. The van der Waals surface area contributed by atoms with Crippen molar-refractivity contribution in [1.82, 2.24) is 0 Å². The van der Waals surface area contributed by atoms with Crippen LogP contribution in [0.1, 0.15) is 38.2 Å². The maximum absolute atomic E-state index is 12.0. The van der Waals surface area contributed by atoms with Gasteiger partial charge in [0.1, 0.15) is 4.88 Å². The van der Waals surface area contributed by atoms with Crippen LogP contribution in [0, 0.1) is 20.8 Å². The number of amides is 1. The number of benzene rings is 1. The minimum atomic E-state index is -0.450. The van der Waals surface area contributed by atoms with Crippen molar-refractivity contribution in [3.05, 3.63) is 50.7 Å². The summed E-state index contributed by atoms with van der Waals surface area (Å²) in [5, 5.41) is 2.76. The molecule has 0 aliphatic carbocycles. The Bertz CT molecular complexity index is 734. The molecule has 0 aliphatic heterocycles. The van der Waals surface area contributed by atoms with Gasteiger partial charge < -0.3 is 10.1 Å². The molecule has 0 saturated carbocycles. The molecule has 0 radical (unpaired) electrons. The second kappa shape index (κ2) is 7.42. The van der Waals surface area contributed by atoms with Gasteiger partial charge in [0.15, 0.2) is 6.61 Å². The van der Waals surface area contributed by atoms with Crippen molar-refractivity contribution in [2.24, 2.45) is 0 Å². The van der Waals surface area contributed by atoms with E-state index < -0.39 is 5.97 Å². The predicted octanol–water partition coefficient (Wildman–Crippen LogP) is 4.03. The van der Waals surface area contributed by atoms with Gasteiger partial charge in [-0.05, 0) is 50.5 Å². The van der Waals surface area contributed by atoms with Gasteiger partial charge in [-0.3, -0.25) is 4.79 Å². The molecule has 0 fully saturated rings. The molecule has 0 atom stereocenters. The zero-order chi connectivity index (χ0) is 17.0. The lowest BCUT2D eigenvalue weighted by Gasteiger charge is -2.09. The van der Waals surface area contributed by atoms with Gasteiger partial charge in [-0.1, -0.05) is 24.6 Å². The minimum Gasteiger partial charge on any atom is -0.451 e. The molecule has 0 saturated heterocycles. The molecule has 0 unspecified atom stereocenters. The molecule has 1 aromatic carbocycles. The molecule has 1 amide bonds. The Labute approximate surface area is 140 Å². The van der Waals surface area contributed by atoms with Gasteiger partial charge in [0, 0.05) is 10.6 Å². The van der Waals surface area contributed by atoms with Crippen molar-refractivity contribution in [3.63, 3.8) is 0 Å². The molecule has 0 bridgehead atoms. The van der Waals surface area contributed by atoms with Crippen molar-refractivity contribution >= 4 is 28.9 Å². The molecule has 122 valence electrons. The van der Waals surface area contributed by atoms with E-state index in [2.05, 4.69) is 5.32 Å². The summed E-state index contributed by atoms with van der Waals surface area (Å²) < 4.78 is 5.10. The van der Waals surface area contributed by atoms with E-state index in [1.807, 2.05) is 52.0 Å². The van der Waals surface area contributed by atoms with Gasteiger partial charge in [-0.15, -0.1) is 11.3 Å². The van der Waals surface area contributed by atoms with Crippen molar-refractivity contribution in [2.75, 3.05) is 11.9 Å². The summed E-state index contributed by atoms with van der Waals surface area (Å²) >= 11 is 1.40. The lowest BCUT2D eigenvalue weighted by Crippen LogP contribution is -2.21. The number of hydrogen-bond donors (Lipinski definition) is 1. The van der Waals surface area contributed by atoms with E-state index in [0.29, 0.717) is 4.88 Å². The first-order valence-electron chi connectivity index (χ1n) is 7.54. The quantitative estimate of drug-likeness (QED) is 0.842. The first-order valence-corrected chi connectivity index (χ1v) is 8.36. The highest BCUT2D eigenvalue weighted by molar-refractivity contribution is 7.14. The van der Waals surface area contributed by atoms with Crippen molar-refractivity contribution in [2.45, 2.75) is 34.1 Å². The number of nitrogens with one attached hydrogen (secondary N) is 1. The smallest absolute Gasteiger partial charge is 0.348 e. The Balaban J connectivity index is 1.91. The van der Waals surface area contributed by atoms with Crippen LogP contribution in [0.3, 0.4) is 0 Å². The Morgan fingerprint density at radius 3 is 2.52 bits per heavy atom. The van der Waals surface area contributed by atoms with Gasteiger partial charge >= 0.3 is 5.97 Å². The van der Waals surface area contributed by atoms with Gasteiger partial charge in [-0.2, -0.15) is 0 Å². The Morgan fingerprint density at radius 2 is 1.91 bits per heavy atom. The van der Waals surface area contributed by atoms with Crippen LogP contribution in [0.5, 0.6) is 0 Å². The van der Waals surface area contributed by atoms with E-state index in [1.165, 1.54) is 11.3 Å². The number of anilines is 1.